The van der Waals surface area contributed by atoms with Crippen molar-refractivity contribution in [1.82, 2.24) is 5.32 Å². The van der Waals surface area contributed by atoms with Crippen molar-refractivity contribution in [2.75, 3.05) is 12.4 Å². The first-order valence-corrected chi connectivity index (χ1v) is 6.20. The van der Waals surface area contributed by atoms with E-state index in [9.17, 15) is 0 Å². The predicted octanol–water partition coefficient (Wildman–Crippen LogP) is 3.26. The van der Waals surface area contributed by atoms with Crippen molar-refractivity contribution in [3.8, 4) is 0 Å². The van der Waals surface area contributed by atoms with Gasteiger partial charge in [0, 0.05) is 11.4 Å². The average Bonchev–Trinajstić information content (AvgIpc) is 2.63. The second-order valence-corrected chi connectivity index (χ2v) is 5.15. The summed E-state index contributed by atoms with van der Waals surface area (Å²) in [6.45, 7) is 7.42. The van der Waals surface area contributed by atoms with Crippen LogP contribution < -0.4 is 5.32 Å². The zero-order valence-electron chi connectivity index (χ0n) is 9.50. The molecule has 0 amide bonds. The number of hydrogen-bond donors (Lipinski definition) is 0. The van der Waals surface area contributed by atoms with Crippen molar-refractivity contribution in [3.05, 3.63) is 39.3 Å². The quantitative estimate of drug-likeness (QED) is 0.705. The van der Waals surface area contributed by atoms with Crippen LogP contribution >= 0.6 is 11.8 Å². The van der Waals surface area contributed by atoms with E-state index in [1.165, 1.54) is 27.2 Å². The third-order valence-electron chi connectivity index (χ3n) is 2.65. The highest BCUT2D eigenvalue weighted by Crippen LogP contribution is 2.26. The van der Waals surface area contributed by atoms with E-state index in [1.807, 2.05) is 11.8 Å². The Balaban J connectivity index is 2.39. The summed E-state index contributed by atoms with van der Waals surface area (Å²) in [4.78, 5) is 1.39. The number of hydrogen-bond acceptors (Lipinski definition) is 1. The van der Waals surface area contributed by atoms with Crippen LogP contribution in [0.15, 0.2) is 17.0 Å². The Kier molecular flexibility index (Phi) is 3.17. The second kappa shape index (κ2) is 4.42. The standard InChI is InChI=1S/C13H16NS/c1-9-4-10(2)13(11(3)5-9)6-12-7-14-8-15-12/h4-6H,7-8H2,1-3H3. The second-order valence-electron chi connectivity index (χ2n) is 4.08. The highest BCUT2D eigenvalue weighted by Gasteiger charge is 2.09. The summed E-state index contributed by atoms with van der Waals surface area (Å²) in [6, 6.07) is 4.49. The highest BCUT2D eigenvalue weighted by atomic mass is 32.2. The average molecular weight is 218 g/mol. The van der Waals surface area contributed by atoms with Gasteiger partial charge in [0.1, 0.15) is 0 Å². The van der Waals surface area contributed by atoms with Crippen molar-refractivity contribution in [2.45, 2.75) is 20.8 Å². The van der Waals surface area contributed by atoms with Crippen LogP contribution in [0.5, 0.6) is 0 Å². The Morgan fingerprint density at radius 3 is 2.40 bits per heavy atom. The molecule has 2 rings (SSSR count). The third-order valence-corrected chi connectivity index (χ3v) is 3.58. The molecule has 1 radical (unpaired) electrons. The molecule has 79 valence electrons. The predicted molar refractivity (Wildman–Crippen MR) is 68.1 cm³/mol. The molecule has 15 heavy (non-hydrogen) atoms. The van der Waals surface area contributed by atoms with Gasteiger partial charge in [-0.05, 0) is 43.5 Å². The fourth-order valence-electron chi connectivity index (χ4n) is 2.00. The molecule has 0 aliphatic carbocycles. The minimum atomic E-state index is 0.900. The van der Waals surface area contributed by atoms with E-state index < -0.39 is 0 Å². The van der Waals surface area contributed by atoms with E-state index >= 15 is 0 Å². The third kappa shape index (κ3) is 2.44. The van der Waals surface area contributed by atoms with E-state index in [4.69, 9.17) is 0 Å². The summed E-state index contributed by atoms with van der Waals surface area (Å²) in [5, 5.41) is 4.33. The molecular formula is C13H16NS. The minimum Gasteiger partial charge on any atom is -0.225 e. The maximum atomic E-state index is 4.33. The van der Waals surface area contributed by atoms with E-state index in [1.54, 1.807) is 0 Å². The molecule has 1 heterocycles. The summed E-state index contributed by atoms with van der Waals surface area (Å²) in [5.41, 5.74) is 5.45. The first-order valence-electron chi connectivity index (χ1n) is 5.21. The van der Waals surface area contributed by atoms with Crippen LogP contribution in [-0.4, -0.2) is 12.4 Å². The molecule has 0 atom stereocenters. The molecule has 0 N–H and O–H groups in total. The van der Waals surface area contributed by atoms with Crippen molar-refractivity contribution in [2.24, 2.45) is 0 Å². The lowest BCUT2D eigenvalue weighted by atomic mass is 9.99. The van der Waals surface area contributed by atoms with Gasteiger partial charge in [-0.3, -0.25) is 0 Å². The van der Waals surface area contributed by atoms with Gasteiger partial charge in [-0.2, -0.15) is 0 Å². The van der Waals surface area contributed by atoms with Gasteiger partial charge >= 0.3 is 0 Å². The molecule has 1 saturated heterocycles. The Hall–Kier alpha value is -0.730. The minimum absolute atomic E-state index is 0.900. The number of thioether (sulfide) groups is 1. The van der Waals surface area contributed by atoms with Gasteiger partial charge in [-0.15, -0.1) is 11.8 Å². The number of nitrogens with zero attached hydrogens (tertiary/aromatic N) is 1. The summed E-state index contributed by atoms with van der Waals surface area (Å²) in [7, 11) is 0. The molecule has 0 unspecified atom stereocenters. The highest BCUT2D eigenvalue weighted by molar-refractivity contribution is 8.03. The Morgan fingerprint density at radius 2 is 1.87 bits per heavy atom. The SMILES string of the molecule is Cc1cc(C)c(C=C2C[N]CS2)c(C)c1. The Labute approximate surface area is 96.0 Å². The zero-order chi connectivity index (χ0) is 10.8. The molecule has 1 aromatic carbocycles. The molecule has 1 nitrogen and oxygen atoms in total. The van der Waals surface area contributed by atoms with E-state index in [-0.39, 0.29) is 0 Å². The van der Waals surface area contributed by atoms with Gasteiger partial charge in [0.25, 0.3) is 0 Å². The van der Waals surface area contributed by atoms with E-state index in [0.29, 0.717) is 0 Å². The van der Waals surface area contributed by atoms with E-state index in [0.717, 1.165) is 12.4 Å². The van der Waals surface area contributed by atoms with Gasteiger partial charge < -0.3 is 0 Å². The molecule has 2 heteroatoms. The number of rotatable bonds is 1. The molecule has 0 spiro atoms. The molecule has 0 saturated carbocycles. The number of benzene rings is 1. The summed E-state index contributed by atoms with van der Waals surface area (Å²) in [6.07, 6.45) is 2.30. The van der Waals surface area contributed by atoms with Crippen LogP contribution in [0, 0.1) is 20.8 Å². The molecule has 0 aromatic heterocycles. The lowest BCUT2D eigenvalue weighted by Crippen LogP contribution is -1.95. The lowest BCUT2D eigenvalue weighted by molar-refractivity contribution is 0.895. The maximum Gasteiger partial charge on any atom is 0.0638 e. The topological polar surface area (TPSA) is 14.1 Å². The first-order chi connectivity index (χ1) is 7.16. The van der Waals surface area contributed by atoms with Crippen LogP contribution in [-0.2, 0) is 0 Å². The summed E-state index contributed by atoms with van der Waals surface area (Å²) >= 11 is 1.85. The monoisotopic (exact) mass is 218 g/mol. The number of aryl methyl sites for hydroxylation is 3. The Bertz CT molecular complexity index is 376. The van der Waals surface area contributed by atoms with Crippen LogP contribution in [0.25, 0.3) is 6.08 Å². The normalized spacial score (nSPS) is 18.7. The fourth-order valence-corrected chi connectivity index (χ4v) is 2.73. The van der Waals surface area contributed by atoms with Gasteiger partial charge in [0.15, 0.2) is 0 Å². The van der Waals surface area contributed by atoms with Crippen molar-refractivity contribution in [3.63, 3.8) is 0 Å². The van der Waals surface area contributed by atoms with Gasteiger partial charge in [0.05, 0.1) is 5.88 Å². The van der Waals surface area contributed by atoms with Gasteiger partial charge in [-0.1, -0.05) is 17.7 Å². The lowest BCUT2D eigenvalue weighted by Gasteiger charge is -2.08. The molecule has 1 fully saturated rings. The van der Waals surface area contributed by atoms with E-state index in [2.05, 4.69) is 44.3 Å². The van der Waals surface area contributed by atoms with Crippen LogP contribution in [0.4, 0.5) is 0 Å². The van der Waals surface area contributed by atoms with Gasteiger partial charge in [0.2, 0.25) is 0 Å². The molecule has 1 aliphatic heterocycles. The van der Waals surface area contributed by atoms with Crippen LogP contribution in [0.2, 0.25) is 0 Å². The van der Waals surface area contributed by atoms with Gasteiger partial charge in [-0.25, -0.2) is 5.32 Å². The molecule has 1 aliphatic rings. The largest absolute Gasteiger partial charge is 0.225 e. The van der Waals surface area contributed by atoms with Crippen LogP contribution in [0.3, 0.4) is 0 Å². The molecule has 0 bridgehead atoms. The zero-order valence-corrected chi connectivity index (χ0v) is 10.3. The molecule has 1 aromatic rings. The van der Waals surface area contributed by atoms with Crippen molar-refractivity contribution < 1.29 is 0 Å². The summed E-state index contributed by atoms with van der Waals surface area (Å²) in [5.74, 6) is 0.926. The Morgan fingerprint density at radius 1 is 1.20 bits per heavy atom. The maximum absolute atomic E-state index is 4.33. The first kappa shape index (κ1) is 10.8. The summed E-state index contributed by atoms with van der Waals surface area (Å²) < 4.78 is 0. The molecular weight excluding hydrogens is 202 g/mol. The fraction of sp³-hybridized carbons (Fsp3) is 0.385. The van der Waals surface area contributed by atoms with Crippen LogP contribution in [0.1, 0.15) is 22.3 Å². The smallest absolute Gasteiger partial charge is 0.0638 e. The van der Waals surface area contributed by atoms with Crippen molar-refractivity contribution in [1.29, 1.82) is 0 Å². The van der Waals surface area contributed by atoms with Crippen molar-refractivity contribution >= 4 is 17.8 Å².